The van der Waals surface area contributed by atoms with Gasteiger partial charge >= 0.3 is 0 Å². The second kappa shape index (κ2) is 7.50. The van der Waals surface area contributed by atoms with Crippen LogP contribution in [0.5, 0.6) is 5.75 Å². The van der Waals surface area contributed by atoms with E-state index in [1.54, 1.807) is 31.4 Å². The second-order valence-corrected chi connectivity index (χ2v) is 3.66. The lowest BCUT2D eigenvalue weighted by Crippen LogP contribution is -2.23. The molecule has 0 aliphatic heterocycles. The second-order valence-electron chi connectivity index (χ2n) is 3.66. The van der Waals surface area contributed by atoms with Crippen molar-refractivity contribution in [1.29, 1.82) is 0 Å². The lowest BCUT2D eigenvalue weighted by atomic mass is 10.1. The average Bonchev–Trinajstić information content (AvgIpc) is 2.42. The SMILES string of the molecule is C=CCNC(=O)c1ccc(OC)c(COCC)c1. The number of hydrogen-bond donors (Lipinski definition) is 1. The molecular weight excluding hydrogens is 230 g/mol. The monoisotopic (exact) mass is 249 g/mol. The van der Waals surface area contributed by atoms with Gasteiger partial charge in [-0.05, 0) is 25.1 Å². The maximum absolute atomic E-state index is 11.8. The van der Waals surface area contributed by atoms with Crippen LogP contribution in [-0.2, 0) is 11.3 Å². The molecule has 18 heavy (non-hydrogen) atoms. The predicted octanol–water partition coefficient (Wildman–Crippen LogP) is 2.15. The quantitative estimate of drug-likeness (QED) is 0.753. The summed E-state index contributed by atoms with van der Waals surface area (Å²) in [5.74, 6) is 0.596. The van der Waals surface area contributed by atoms with Crippen molar-refractivity contribution in [2.24, 2.45) is 0 Å². The third kappa shape index (κ3) is 3.89. The Labute approximate surface area is 108 Å². The first-order valence-corrected chi connectivity index (χ1v) is 5.86. The Kier molecular flexibility index (Phi) is 5.94. The Bertz CT molecular complexity index is 416. The molecule has 0 saturated heterocycles. The fourth-order valence-electron chi connectivity index (χ4n) is 1.51. The Morgan fingerprint density at radius 3 is 2.89 bits per heavy atom. The Hall–Kier alpha value is -1.81. The van der Waals surface area contributed by atoms with Gasteiger partial charge in [-0.2, -0.15) is 0 Å². The number of carbonyl (C=O) groups is 1. The van der Waals surface area contributed by atoms with Gasteiger partial charge < -0.3 is 14.8 Å². The van der Waals surface area contributed by atoms with Crippen LogP contribution >= 0.6 is 0 Å². The molecule has 1 aromatic rings. The van der Waals surface area contributed by atoms with Crippen molar-refractivity contribution >= 4 is 5.91 Å². The number of hydrogen-bond acceptors (Lipinski definition) is 3. The van der Waals surface area contributed by atoms with Crippen molar-refractivity contribution in [3.63, 3.8) is 0 Å². The van der Waals surface area contributed by atoms with E-state index in [4.69, 9.17) is 9.47 Å². The number of methoxy groups -OCH3 is 1. The first kappa shape index (κ1) is 14.3. The number of amides is 1. The number of benzene rings is 1. The van der Waals surface area contributed by atoms with Gasteiger partial charge in [-0.1, -0.05) is 6.08 Å². The Morgan fingerprint density at radius 1 is 1.50 bits per heavy atom. The Balaban J connectivity index is 2.87. The summed E-state index contributed by atoms with van der Waals surface area (Å²) in [7, 11) is 1.60. The van der Waals surface area contributed by atoms with Crippen molar-refractivity contribution in [3.05, 3.63) is 42.0 Å². The first-order chi connectivity index (χ1) is 8.72. The van der Waals surface area contributed by atoms with Crippen LogP contribution in [0.1, 0.15) is 22.8 Å². The topological polar surface area (TPSA) is 47.6 Å². The Morgan fingerprint density at radius 2 is 2.28 bits per heavy atom. The van der Waals surface area contributed by atoms with Crippen molar-refractivity contribution in [2.45, 2.75) is 13.5 Å². The van der Waals surface area contributed by atoms with Crippen LogP contribution in [0.3, 0.4) is 0 Å². The van der Waals surface area contributed by atoms with E-state index >= 15 is 0 Å². The van der Waals surface area contributed by atoms with Crippen LogP contribution in [0.4, 0.5) is 0 Å². The lowest BCUT2D eigenvalue weighted by Gasteiger charge is -2.10. The maximum Gasteiger partial charge on any atom is 0.251 e. The van der Waals surface area contributed by atoms with Crippen LogP contribution in [0, 0.1) is 0 Å². The summed E-state index contributed by atoms with van der Waals surface area (Å²) in [6.45, 7) is 6.98. The third-order valence-electron chi connectivity index (χ3n) is 2.41. The molecule has 1 N–H and O–H groups in total. The molecule has 0 saturated carbocycles. The minimum Gasteiger partial charge on any atom is -0.496 e. The van der Waals surface area contributed by atoms with Crippen molar-refractivity contribution in [2.75, 3.05) is 20.3 Å². The lowest BCUT2D eigenvalue weighted by molar-refractivity contribution is 0.0957. The van der Waals surface area contributed by atoms with Crippen LogP contribution in [-0.4, -0.2) is 26.2 Å². The molecule has 4 heteroatoms. The largest absolute Gasteiger partial charge is 0.496 e. The van der Waals surface area contributed by atoms with E-state index < -0.39 is 0 Å². The summed E-state index contributed by atoms with van der Waals surface area (Å²) in [4.78, 5) is 11.8. The number of rotatable bonds is 7. The van der Waals surface area contributed by atoms with Gasteiger partial charge in [0.15, 0.2) is 0 Å². The van der Waals surface area contributed by atoms with Crippen molar-refractivity contribution in [3.8, 4) is 5.75 Å². The van der Waals surface area contributed by atoms with Gasteiger partial charge in [-0.15, -0.1) is 6.58 Å². The van der Waals surface area contributed by atoms with Crippen molar-refractivity contribution < 1.29 is 14.3 Å². The summed E-state index contributed by atoms with van der Waals surface area (Å²) in [6, 6.07) is 5.29. The highest BCUT2D eigenvalue weighted by molar-refractivity contribution is 5.94. The smallest absolute Gasteiger partial charge is 0.251 e. The summed E-state index contributed by atoms with van der Waals surface area (Å²) >= 11 is 0. The van der Waals surface area contributed by atoms with Gasteiger partial charge in [-0.3, -0.25) is 4.79 Å². The highest BCUT2D eigenvalue weighted by atomic mass is 16.5. The zero-order chi connectivity index (χ0) is 13.4. The van der Waals surface area contributed by atoms with Gasteiger partial charge in [0.2, 0.25) is 0 Å². The van der Waals surface area contributed by atoms with E-state index in [9.17, 15) is 4.79 Å². The highest BCUT2D eigenvalue weighted by Crippen LogP contribution is 2.20. The normalized spacial score (nSPS) is 9.89. The summed E-state index contributed by atoms with van der Waals surface area (Å²) in [6.07, 6.45) is 1.64. The van der Waals surface area contributed by atoms with E-state index in [2.05, 4.69) is 11.9 Å². The minimum absolute atomic E-state index is 0.129. The molecule has 0 aliphatic carbocycles. The maximum atomic E-state index is 11.8. The highest BCUT2D eigenvalue weighted by Gasteiger charge is 2.09. The molecule has 98 valence electrons. The fraction of sp³-hybridized carbons (Fsp3) is 0.357. The third-order valence-corrected chi connectivity index (χ3v) is 2.41. The van der Waals surface area contributed by atoms with E-state index in [-0.39, 0.29) is 5.91 Å². The van der Waals surface area contributed by atoms with Crippen LogP contribution < -0.4 is 10.1 Å². The number of nitrogens with one attached hydrogen (secondary N) is 1. The van der Waals surface area contributed by atoms with E-state index in [0.717, 1.165) is 11.3 Å². The fourth-order valence-corrected chi connectivity index (χ4v) is 1.51. The summed E-state index contributed by atoms with van der Waals surface area (Å²) in [5, 5.41) is 2.73. The molecule has 0 unspecified atom stereocenters. The van der Waals surface area contributed by atoms with E-state index in [1.807, 2.05) is 6.92 Å². The molecular formula is C14H19NO3. The molecule has 0 atom stereocenters. The van der Waals surface area contributed by atoms with Gasteiger partial charge in [0, 0.05) is 24.3 Å². The van der Waals surface area contributed by atoms with Gasteiger partial charge in [-0.25, -0.2) is 0 Å². The van der Waals surface area contributed by atoms with E-state index in [1.165, 1.54) is 0 Å². The van der Waals surface area contributed by atoms with Crippen LogP contribution in [0.2, 0.25) is 0 Å². The van der Waals surface area contributed by atoms with Crippen molar-refractivity contribution in [1.82, 2.24) is 5.32 Å². The molecule has 0 spiro atoms. The molecule has 0 aromatic heterocycles. The van der Waals surface area contributed by atoms with Gasteiger partial charge in [0.05, 0.1) is 13.7 Å². The molecule has 0 heterocycles. The van der Waals surface area contributed by atoms with Crippen LogP contribution in [0.15, 0.2) is 30.9 Å². The average molecular weight is 249 g/mol. The molecule has 0 aliphatic rings. The first-order valence-electron chi connectivity index (χ1n) is 5.86. The van der Waals surface area contributed by atoms with Gasteiger partial charge in [0.25, 0.3) is 5.91 Å². The molecule has 1 aromatic carbocycles. The molecule has 4 nitrogen and oxygen atoms in total. The predicted molar refractivity (Wildman–Crippen MR) is 70.9 cm³/mol. The summed E-state index contributed by atoms with van der Waals surface area (Å²) in [5.41, 5.74) is 1.46. The molecule has 0 radical (unpaired) electrons. The summed E-state index contributed by atoms with van der Waals surface area (Å²) < 4.78 is 10.6. The van der Waals surface area contributed by atoms with Crippen LogP contribution in [0.25, 0.3) is 0 Å². The van der Waals surface area contributed by atoms with Gasteiger partial charge in [0.1, 0.15) is 5.75 Å². The number of ether oxygens (including phenoxy) is 2. The number of carbonyl (C=O) groups excluding carboxylic acids is 1. The standard InChI is InChI=1S/C14H19NO3/c1-4-8-15-14(16)11-6-7-13(17-3)12(9-11)10-18-5-2/h4,6-7,9H,1,5,8,10H2,2-3H3,(H,15,16). The molecule has 1 amide bonds. The zero-order valence-electron chi connectivity index (χ0n) is 10.9. The molecule has 1 rings (SSSR count). The van der Waals surface area contributed by atoms with E-state index in [0.29, 0.717) is 25.3 Å². The molecule has 0 bridgehead atoms. The zero-order valence-corrected chi connectivity index (χ0v) is 10.9. The minimum atomic E-state index is -0.129. The molecule has 0 fully saturated rings.